The molecule has 0 fully saturated rings. The van der Waals surface area contributed by atoms with Gasteiger partial charge in [0.05, 0.1) is 0 Å². The van der Waals surface area contributed by atoms with Crippen LogP contribution in [0, 0.1) is 0 Å². The molecule has 5 heteroatoms. The van der Waals surface area contributed by atoms with Gasteiger partial charge in [-0.05, 0) is 20.8 Å². The average Bonchev–Trinajstić information content (AvgIpc) is 1.78. The van der Waals surface area contributed by atoms with Crippen LogP contribution in [-0.2, 0) is 0 Å². The summed E-state index contributed by atoms with van der Waals surface area (Å²) in [4.78, 5) is 7.61. The third kappa shape index (κ3) is 3.14. The molecule has 0 aliphatic rings. The maximum Gasteiger partial charge on any atom is 0.225 e. The second-order valence-corrected chi connectivity index (χ2v) is 3.70. The third-order valence-electron chi connectivity index (χ3n) is 1.15. The number of hydrogen-bond acceptors (Lipinski definition) is 5. The molecule has 4 N–H and O–H groups in total. The van der Waals surface area contributed by atoms with Crippen LogP contribution in [-0.4, -0.2) is 15.6 Å². The molecule has 13 heavy (non-hydrogen) atoms. The summed E-state index contributed by atoms with van der Waals surface area (Å²) in [7, 11) is 0. The molecule has 72 valence electrons. The maximum absolute atomic E-state index is 5.47. The summed E-state index contributed by atoms with van der Waals surface area (Å²) in [6.45, 7) is 5.75. The van der Waals surface area contributed by atoms with Gasteiger partial charge in [-0.1, -0.05) is 0 Å². The van der Waals surface area contributed by atoms with Gasteiger partial charge in [0.2, 0.25) is 11.8 Å². The van der Waals surface area contributed by atoms with Crippen molar-refractivity contribution in [3.05, 3.63) is 6.07 Å². The molecule has 0 amide bonds. The van der Waals surface area contributed by atoms with Gasteiger partial charge in [-0.25, -0.2) is 0 Å². The van der Waals surface area contributed by atoms with Crippen LogP contribution in [0.4, 0.5) is 11.8 Å². The van der Waals surface area contributed by atoms with Crippen molar-refractivity contribution < 1.29 is 4.74 Å². The highest BCUT2D eigenvalue weighted by Gasteiger charge is 2.13. The summed E-state index contributed by atoms with van der Waals surface area (Å²) in [5, 5.41) is 0. The van der Waals surface area contributed by atoms with Crippen molar-refractivity contribution in [3.63, 3.8) is 0 Å². The highest BCUT2D eigenvalue weighted by atomic mass is 16.5. The van der Waals surface area contributed by atoms with E-state index in [1.807, 2.05) is 20.8 Å². The van der Waals surface area contributed by atoms with Crippen molar-refractivity contribution in [2.24, 2.45) is 0 Å². The molecule has 0 aliphatic carbocycles. The van der Waals surface area contributed by atoms with Crippen molar-refractivity contribution in [1.29, 1.82) is 0 Å². The van der Waals surface area contributed by atoms with E-state index in [1.165, 1.54) is 0 Å². The SMILES string of the molecule is CC(C)(C)Oc1cc(N)nc(N)n1. The average molecular weight is 182 g/mol. The third-order valence-corrected chi connectivity index (χ3v) is 1.15. The molecule has 1 aromatic heterocycles. The Bertz CT molecular complexity index is 285. The second kappa shape index (κ2) is 3.08. The number of nitrogens with two attached hydrogens (primary N) is 2. The van der Waals surface area contributed by atoms with E-state index in [1.54, 1.807) is 6.07 Å². The predicted molar refractivity (Wildman–Crippen MR) is 51.2 cm³/mol. The van der Waals surface area contributed by atoms with Crippen LogP contribution in [0.5, 0.6) is 5.88 Å². The van der Waals surface area contributed by atoms with Gasteiger partial charge in [0, 0.05) is 6.07 Å². The Labute approximate surface area is 77.1 Å². The van der Waals surface area contributed by atoms with Gasteiger partial charge in [0.15, 0.2) is 0 Å². The molecular formula is C8H14N4O. The van der Waals surface area contributed by atoms with Gasteiger partial charge in [0.25, 0.3) is 0 Å². The van der Waals surface area contributed by atoms with Gasteiger partial charge in [-0.15, -0.1) is 0 Å². The molecule has 0 unspecified atom stereocenters. The number of rotatable bonds is 1. The minimum atomic E-state index is -0.312. The summed E-state index contributed by atoms with van der Waals surface area (Å²) >= 11 is 0. The molecule has 0 saturated carbocycles. The Balaban J connectivity index is 2.90. The van der Waals surface area contributed by atoms with Gasteiger partial charge >= 0.3 is 0 Å². The highest BCUT2D eigenvalue weighted by molar-refractivity contribution is 5.38. The molecule has 0 aliphatic heterocycles. The van der Waals surface area contributed by atoms with Gasteiger partial charge < -0.3 is 16.2 Å². The number of nitrogens with zero attached hydrogens (tertiary/aromatic N) is 2. The first kappa shape index (κ1) is 9.57. The van der Waals surface area contributed by atoms with Crippen LogP contribution in [0.15, 0.2) is 6.07 Å². The summed E-state index contributed by atoms with van der Waals surface area (Å²) < 4.78 is 5.45. The predicted octanol–water partition coefficient (Wildman–Crippen LogP) is 0.818. The van der Waals surface area contributed by atoms with Crippen molar-refractivity contribution in [3.8, 4) is 5.88 Å². The van der Waals surface area contributed by atoms with Crippen LogP contribution in [0.3, 0.4) is 0 Å². The van der Waals surface area contributed by atoms with E-state index in [9.17, 15) is 0 Å². The molecule has 0 spiro atoms. The van der Waals surface area contributed by atoms with Crippen LogP contribution in [0.2, 0.25) is 0 Å². The van der Waals surface area contributed by atoms with Crippen LogP contribution >= 0.6 is 0 Å². The largest absolute Gasteiger partial charge is 0.472 e. The van der Waals surface area contributed by atoms with Crippen LogP contribution in [0.25, 0.3) is 0 Å². The first-order chi connectivity index (χ1) is 5.87. The molecule has 1 aromatic rings. The van der Waals surface area contributed by atoms with E-state index in [4.69, 9.17) is 16.2 Å². The molecule has 5 nitrogen and oxygen atoms in total. The molecule has 1 heterocycles. The van der Waals surface area contributed by atoms with Crippen molar-refractivity contribution in [1.82, 2.24) is 9.97 Å². The lowest BCUT2D eigenvalue weighted by Crippen LogP contribution is -2.23. The molecule has 0 bridgehead atoms. The summed E-state index contributed by atoms with van der Waals surface area (Å²) in [6.07, 6.45) is 0. The van der Waals surface area contributed by atoms with Crippen molar-refractivity contribution in [2.45, 2.75) is 26.4 Å². The van der Waals surface area contributed by atoms with E-state index in [-0.39, 0.29) is 11.5 Å². The topological polar surface area (TPSA) is 87.0 Å². The fraction of sp³-hybridized carbons (Fsp3) is 0.500. The Hall–Kier alpha value is -1.52. The molecule has 0 atom stereocenters. The van der Waals surface area contributed by atoms with Crippen LogP contribution in [0.1, 0.15) is 20.8 Å². The zero-order chi connectivity index (χ0) is 10.1. The Kier molecular flexibility index (Phi) is 2.27. The zero-order valence-electron chi connectivity index (χ0n) is 8.03. The molecule has 0 aromatic carbocycles. The lowest BCUT2D eigenvalue weighted by Gasteiger charge is -2.20. The van der Waals surface area contributed by atoms with E-state index >= 15 is 0 Å². The Morgan fingerprint density at radius 3 is 2.31 bits per heavy atom. The van der Waals surface area contributed by atoms with Gasteiger partial charge in [-0.2, -0.15) is 9.97 Å². The first-order valence-corrected chi connectivity index (χ1v) is 3.96. The lowest BCUT2D eigenvalue weighted by molar-refractivity contribution is 0.124. The van der Waals surface area contributed by atoms with Crippen molar-refractivity contribution >= 4 is 11.8 Å². The summed E-state index contributed by atoms with van der Waals surface area (Å²) in [6, 6.07) is 1.54. The van der Waals surface area contributed by atoms with Crippen LogP contribution < -0.4 is 16.2 Å². The maximum atomic E-state index is 5.47. The highest BCUT2D eigenvalue weighted by Crippen LogP contribution is 2.17. The fourth-order valence-electron chi connectivity index (χ4n) is 0.827. The smallest absolute Gasteiger partial charge is 0.225 e. The molecule has 0 radical (unpaired) electrons. The molecule has 0 saturated heterocycles. The van der Waals surface area contributed by atoms with E-state index in [0.717, 1.165) is 0 Å². The lowest BCUT2D eigenvalue weighted by atomic mass is 10.2. The second-order valence-electron chi connectivity index (χ2n) is 3.70. The Morgan fingerprint density at radius 1 is 1.23 bits per heavy atom. The number of anilines is 2. The standard InChI is InChI=1S/C8H14N4O/c1-8(2,3)13-6-4-5(9)11-7(10)12-6/h4H,1-3H3,(H4,9,10,11,12). The normalized spacial score (nSPS) is 11.3. The summed E-state index contributed by atoms with van der Waals surface area (Å²) in [5.74, 6) is 0.837. The van der Waals surface area contributed by atoms with Gasteiger partial charge in [-0.3, -0.25) is 0 Å². The molecular weight excluding hydrogens is 168 g/mol. The zero-order valence-corrected chi connectivity index (χ0v) is 8.03. The molecule has 1 rings (SSSR count). The summed E-state index contributed by atoms with van der Waals surface area (Å²) in [5.41, 5.74) is 10.6. The first-order valence-electron chi connectivity index (χ1n) is 3.96. The quantitative estimate of drug-likeness (QED) is 0.671. The fourth-order valence-corrected chi connectivity index (χ4v) is 0.827. The number of ether oxygens (including phenoxy) is 1. The van der Waals surface area contributed by atoms with E-state index < -0.39 is 0 Å². The minimum absolute atomic E-state index is 0.124. The Morgan fingerprint density at radius 2 is 1.85 bits per heavy atom. The van der Waals surface area contributed by atoms with Gasteiger partial charge in [0.1, 0.15) is 11.4 Å². The number of aromatic nitrogens is 2. The number of hydrogen-bond donors (Lipinski definition) is 2. The number of nitrogen functional groups attached to an aromatic ring is 2. The minimum Gasteiger partial charge on any atom is -0.472 e. The van der Waals surface area contributed by atoms with E-state index in [0.29, 0.717) is 11.7 Å². The van der Waals surface area contributed by atoms with E-state index in [2.05, 4.69) is 9.97 Å². The monoisotopic (exact) mass is 182 g/mol. The van der Waals surface area contributed by atoms with Crippen molar-refractivity contribution in [2.75, 3.05) is 11.5 Å².